The van der Waals surface area contributed by atoms with Crippen LogP contribution < -0.4 is 0 Å². The second kappa shape index (κ2) is 6.71. The summed E-state index contributed by atoms with van der Waals surface area (Å²) in [6, 6.07) is 7.25. The van der Waals surface area contributed by atoms with Crippen LogP contribution in [-0.4, -0.2) is 28.3 Å². The Bertz CT molecular complexity index is 1050. The maximum atomic E-state index is 13.0. The van der Waals surface area contributed by atoms with E-state index in [1.807, 2.05) is 18.2 Å². The van der Waals surface area contributed by atoms with Gasteiger partial charge >= 0.3 is 5.97 Å². The van der Waals surface area contributed by atoms with Gasteiger partial charge in [0.2, 0.25) is 6.23 Å². The van der Waals surface area contributed by atoms with E-state index in [0.29, 0.717) is 23.6 Å². The third-order valence-corrected chi connectivity index (χ3v) is 5.96. The Morgan fingerprint density at radius 3 is 2.82 bits per heavy atom. The summed E-state index contributed by atoms with van der Waals surface area (Å²) in [5, 5.41) is 1.65. The van der Waals surface area contributed by atoms with Crippen molar-refractivity contribution >= 4 is 34.4 Å². The first-order valence-electron chi connectivity index (χ1n) is 9.45. The molecule has 1 fully saturated rings. The third kappa shape index (κ3) is 2.79. The standard InChI is InChI=1S/C21H19ClN2O4/c22-14-4-5-17-16(10-14)15-6-8-24(19(25)13-7-9-27-11-13)20(18(15)23-17)28-21(26)12-2-1-3-12/h4-5,7,9-12,20,23H,1-3,6,8H2. The minimum Gasteiger partial charge on any atom is -0.472 e. The van der Waals surface area contributed by atoms with Crippen LogP contribution in [0, 0.1) is 5.92 Å². The topological polar surface area (TPSA) is 75.5 Å². The fourth-order valence-corrected chi connectivity index (χ4v) is 4.13. The van der Waals surface area contributed by atoms with Gasteiger partial charge in [-0.15, -0.1) is 0 Å². The molecule has 1 aromatic carbocycles. The van der Waals surface area contributed by atoms with E-state index < -0.39 is 6.23 Å². The van der Waals surface area contributed by atoms with Crippen LogP contribution in [-0.2, 0) is 16.0 Å². The molecule has 7 heteroatoms. The van der Waals surface area contributed by atoms with Crippen molar-refractivity contribution in [3.05, 3.63) is 58.6 Å². The molecule has 0 spiro atoms. The third-order valence-electron chi connectivity index (χ3n) is 5.73. The lowest BCUT2D eigenvalue weighted by molar-refractivity contribution is -0.166. The number of H-pyrrole nitrogens is 1. The highest BCUT2D eigenvalue weighted by Crippen LogP contribution is 2.38. The number of hydrogen-bond acceptors (Lipinski definition) is 4. The zero-order valence-corrected chi connectivity index (χ0v) is 15.9. The predicted octanol–water partition coefficient (Wildman–Crippen LogP) is 4.45. The molecule has 1 N–H and O–H groups in total. The van der Waals surface area contributed by atoms with Crippen LogP contribution in [0.4, 0.5) is 0 Å². The van der Waals surface area contributed by atoms with E-state index in [9.17, 15) is 9.59 Å². The highest BCUT2D eigenvalue weighted by molar-refractivity contribution is 6.31. The van der Waals surface area contributed by atoms with Crippen LogP contribution in [0.15, 0.2) is 41.2 Å². The number of furan rings is 1. The first kappa shape index (κ1) is 17.4. The van der Waals surface area contributed by atoms with Crippen molar-refractivity contribution in [2.24, 2.45) is 5.92 Å². The maximum absolute atomic E-state index is 13.0. The fraction of sp³-hybridized carbons (Fsp3) is 0.333. The van der Waals surface area contributed by atoms with E-state index in [2.05, 4.69) is 4.98 Å². The Hall–Kier alpha value is -2.73. The number of nitrogens with one attached hydrogen (secondary N) is 1. The number of benzene rings is 1. The Labute approximate surface area is 166 Å². The molecule has 1 aliphatic heterocycles. The SMILES string of the molecule is O=C(OC1c2[nH]c3ccc(Cl)cc3c2CCN1C(=O)c1ccoc1)C1CCC1. The summed E-state index contributed by atoms with van der Waals surface area (Å²) in [7, 11) is 0. The summed E-state index contributed by atoms with van der Waals surface area (Å²) < 4.78 is 10.9. The van der Waals surface area contributed by atoms with Crippen LogP contribution in [0.1, 0.15) is 47.1 Å². The quantitative estimate of drug-likeness (QED) is 0.661. The lowest BCUT2D eigenvalue weighted by atomic mass is 9.85. The Morgan fingerprint density at radius 2 is 2.11 bits per heavy atom. The summed E-state index contributed by atoms with van der Waals surface area (Å²) in [6.07, 6.45) is 5.46. The van der Waals surface area contributed by atoms with Crippen molar-refractivity contribution < 1.29 is 18.7 Å². The molecule has 1 unspecified atom stereocenters. The molecule has 1 atom stereocenters. The van der Waals surface area contributed by atoms with E-state index in [4.69, 9.17) is 20.8 Å². The molecule has 0 bridgehead atoms. The van der Waals surface area contributed by atoms with Gasteiger partial charge in [-0.1, -0.05) is 18.0 Å². The summed E-state index contributed by atoms with van der Waals surface area (Å²) in [4.78, 5) is 30.6. The number of nitrogens with zero attached hydrogens (tertiary/aromatic N) is 1. The number of carbonyl (C=O) groups is 2. The minimum atomic E-state index is -0.787. The van der Waals surface area contributed by atoms with Gasteiger partial charge in [0.25, 0.3) is 5.91 Å². The van der Waals surface area contributed by atoms with E-state index in [1.54, 1.807) is 11.0 Å². The van der Waals surface area contributed by atoms with Crippen molar-refractivity contribution in [2.75, 3.05) is 6.54 Å². The average Bonchev–Trinajstić information content (AvgIpc) is 3.28. The molecule has 1 saturated carbocycles. The number of halogens is 1. The van der Waals surface area contributed by atoms with Crippen molar-refractivity contribution in [2.45, 2.75) is 31.9 Å². The summed E-state index contributed by atoms with van der Waals surface area (Å²) >= 11 is 6.18. The molecule has 5 rings (SSSR count). The molecule has 144 valence electrons. The van der Waals surface area contributed by atoms with Crippen LogP contribution in [0.3, 0.4) is 0 Å². The highest BCUT2D eigenvalue weighted by Gasteiger charge is 2.39. The average molecular weight is 399 g/mol. The maximum Gasteiger partial charge on any atom is 0.311 e. The molecule has 1 aliphatic carbocycles. The Kier molecular flexibility index (Phi) is 4.16. The van der Waals surface area contributed by atoms with E-state index >= 15 is 0 Å². The number of hydrogen-bond donors (Lipinski definition) is 1. The largest absolute Gasteiger partial charge is 0.472 e. The number of ether oxygens (including phenoxy) is 1. The Morgan fingerprint density at radius 1 is 1.25 bits per heavy atom. The molecule has 2 aliphatic rings. The van der Waals surface area contributed by atoms with Crippen LogP contribution >= 0.6 is 11.6 Å². The molecule has 1 amide bonds. The molecule has 6 nitrogen and oxygen atoms in total. The molecule has 0 radical (unpaired) electrons. The monoisotopic (exact) mass is 398 g/mol. The zero-order chi connectivity index (χ0) is 19.3. The van der Waals surface area contributed by atoms with Gasteiger partial charge in [-0.25, -0.2) is 0 Å². The van der Waals surface area contributed by atoms with Crippen molar-refractivity contribution in [1.82, 2.24) is 9.88 Å². The van der Waals surface area contributed by atoms with Gasteiger partial charge in [0.15, 0.2) is 0 Å². The van der Waals surface area contributed by atoms with Crippen LogP contribution in [0.2, 0.25) is 5.02 Å². The summed E-state index contributed by atoms with van der Waals surface area (Å²) in [5.41, 5.74) is 3.14. The predicted molar refractivity (Wildman–Crippen MR) is 103 cm³/mol. The summed E-state index contributed by atoms with van der Waals surface area (Å²) in [5.74, 6) is -0.539. The number of esters is 1. The molecular formula is C21H19ClN2O4. The van der Waals surface area contributed by atoms with Gasteiger partial charge in [0.05, 0.1) is 23.4 Å². The number of amides is 1. The summed E-state index contributed by atoms with van der Waals surface area (Å²) in [6.45, 7) is 0.444. The van der Waals surface area contributed by atoms with Crippen molar-refractivity contribution in [1.29, 1.82) is 0 Å². The molecule has 2 aromatic heterocycles. The van der Waals surface area contributed by atoms with E-state index in [1.165, 1.54) is 12.5 Å². The number of carbonyl (C=O) groups excluding carboxylic acids is 2. The lowest BCUT2D eigenvalue weighted by Gasteiger charge is -2.36. The van der Waals surface area contributed by atoms with Gasteiger partial charge in [-0.2, -0.15) is 0 Å². The smallest absolute Gasteiger partial charge is 0.311 e. The first-order chi connectivity index (χ1) is 13.6. The van der Waals surface area contributed by atoms with Crippen LogP contribution in [0.25, 0.3) is 10.9 Å². The van der Waals surface area contributed by atoms with Crippen LogP contribution in [0.5, 0.6) is 0 Å². The lowest BCUT2D eigenvalue weighted by Crippen LogP contribution is -2.43. The second-order valence-electron chi connectivity index (χ2n) is 7.38. The number of aromatic nitrogens is 1. The molecule has 0 saturated heterocycles. The normalized spacial score (nSPS) is 19.3. The molecule has 3 aromatic rings. The van der Waals surface area contributed by atoms with Gasteiger partial charge in [-0.05, 0) is 49.1 Å². The van der Waals surface area contributed by atoms with Gasteiger partial charge in [0.1, 0.15) is 6.26 Å². The molecular weight excluding hydrogens is 380 g/mol. The van der Waals surface area contributed by atoms with Crippen molar-refractivity contribution in [3.8, 4) is 0 Å². The minimum absolute atomic E-state index is 0.0740. The van der Waals surface area contributed by atoms with E-state index in [0.717, 1.165) is 41.4 Å². The number of fused-ring (bicyclic) bond motifs is 3. The molecule has 28 heavy (non-hydrogen) atoms. The van der Waals surface area contributed by atoms with Crippen molar-refractivity contribution in [3.63, 3.8) is 0 Å². The Balaban J connectivity index is 1.56. The zero-order valence-electron chi connectivity index (χ0n) is 15.1. The second-order valence-corrected chi connectivity index (χ2v) is 7.82. The van der Waals surface area contributed by atoms with E-state index in [-0.39, 0.29) is 17.8 Å². The number of rotatable bonds is 3. The highest BCUT2D eigenvalue weighted by atomic mass is 35.5. The van der Waals surface area contributed by atoms with Gasteiger partial charge in [0, 0.05) is 22.5 Å². The van der Waals surface area contributed by atoms with Gasteiger partial charge < -0.3 is 14.1 Å². The fourth-order valence-electron chi connectivity index (χ4n) is 3.96. The first-order valence-corrected chi connectivity index (χ1v) is 9.83. The number of aromatic amines is 1. The van der Waals surface area contributed by atoms with Gasteiger partial charge in [-0.3, -0.25) is 14.5 Å². The molecule has 3 heterocycles.